The van der Waals surface area contributed by atoms with Gasteiger partial charge >= 0.3 is 0 Å². The Bertz CT molecular complexity index is 492. The molecule has 0 unspecified atom stereocenters. The lowest BCUT2D eigenvalue weighted by atomic mass is 9.97. The summed E-state index contributed by atoms with van der Waals surface area (Å²) in [4.78, 5) is 0. The lowest BCUT2D eigenvalue weighted by Crippen LogP contribution is -2.26. The van der Waals surface area contributed by atoms with Crippen molar-refractivity contribution >= 4 is 15.9 Å². The monoisotopic (exact) mass is 312 g/mol. The fourth-order valence-electron chi connectivity index (χ4n) is 2.09. The molecule has 1 N–H and O–H groups in total. The zero-order chi connectivity index (χ0) is 13.0. The van der Waals surface area contributed by atoms with Crippen molar-refractivity contribution in [3.8, 4) is 11.5 Å². The highest BCUT2D eigenvalue weighted by molar-refractivity contribution is 9.10. The fraction of sp³-hybridized carbons (Fsp3) is 0.571. The molecule has 98 valence electrons. The highest BCUT2D eigenvalue weighted by Crippen LogP contribution is 2.50. The van der Waals surface area contributed by atoms with Gasteiger partial charge in [-0.05, 0) is 25.0 Å². The SMILES string of the molecule is CC1(C)COc2cc(Br)c(C3(O)CC3)cc2OC1. The van der Waals surface area contributed by atoms with E-state index in [0.717, 1.165) is 34.4 Å². The predicted octanol–water partition coefficient (Wildman–Crippen LogP) is 3.23. The van der Waals surface area contributed by atoms with Gasteiger partial charge in [-0.2, -0.15) is 0 Å². The molecular formula is C14H17BrO3. The van der Waals surface area contributed by atoms with Crippen LogP contribution in [0.1, 0.15) is 32.3 Å². The van der Waals surface area contributed by atoms with Gasteiger partial charge in [0.1, 0.15) is 0 Å². The molecule has 1 fully saturated rings. The summed E-state index contributed by atoms with van der Waals surface area (Å²) in [6.45, 7) is 5.49. The molecule has 1 aromatic rings. The molecule has 0 aromatic heterocycles. The van der Waals surface area contributed by atoms with Crippen molar-refractivity contribution in [2.75, 3.05) is 13.2 Å². The number of halogens is 1. The Kier molecular flexibility index (Phi) is 2.65. The van der Waals surface area contributed by atoms with Crippen LogP contribution >= 0.6 is 15.9 Å². The van der Waals surface area contributed by atoms with Gasteiger partial charge in [0.25, 0.3) is 0 Å². The molecule has 1 aromatic carbocycles. The van der Waals surface area contributed by atoms with Crippen molar-refractivity contribution in [1.82, 2.24) is 0 Å². The van der Waals surface area contributed by atoms with Crippen molar-refractivity contribution in [2.24, 2.45) is 5.41 Å². The van der Waals surface area contributed by atoms with Crippen molar-refractivity contribution < 1.29 is 14.6 Å². The van der Waals surface area contributed by atoms with Crippen molar-refractivity contribution in [2.45, 2.75) is 32.3 Å². The molecule has 1 aliphatic carbocycles. The number of ether oxygens (including phenoxy) is 2. The van der Waals surface area contributed by atoms with Gasteiger partial charge in [-0.1, -0.05) is 29.8 Å². The lowest BCUT2D eigenvalue weighted by Gasteiger charge is -2.19. The Labute approximate surface area is 115 Å². The Morgan fingerprint density at radius 3 is 2.22 bits per heavy atom. The average molecular weight is 313 g/mol. The summed E-state index contributed by atoms with van der Waals surface area (Å²) >= 11 is 3.51. The molecule has 0 spiro atoms. The third-order valence-corrected chi connectivity index (χ3v) is 4.15. The Balaban J connectivity index is 1.99. The Morgan fingerprint density at radius 1 is 1.11 bits per heavy atom. The molecule has 2 aliphatic rings. The zero-order valence-corrected chi connectivity index (χ0v) is 12.2. The summed E-state index contributed by atoms with van der Waals surface area (Å²) in [5, 5.41) is 10.2. The summed E-state index contributed by atoms with van der Waals surface area (Å²) in [7, 11) is 0. The van der Waals surface area contributed by atoms with E-state index in [9.17, 15) is 5.11 Å². The second-order valence-corrected chi connectivity index (χ2v) is 6.91. The van der Waals surface area contributed by atoms with Gasteiger partial charge < -0.3 is 14.6 Å². The third-order valence-electron chi connectivity index (χ3n) is 3.50. The highest BCUT2D eigenvalue weighted by Gasteiger charge is 2.44. The quantitative estimate of drug-likeness (QED) is 0.865. The molecule has 4 heteroatoms. The minimum absolute atomic E-state index is 0.00213. The molecule has 1 saturated carbocycles. The number of benzene rings is 1. The lowest BCUT2D eigenvalue weighted by molar-refractivity contribution is 0.139. The predicted molar refractivity (Wildman–Crippen MR) is 72.0 cm³/mol. The molecule has 3 nitrogen and oxygen atoms in total. The van der Waals surface area contributed by atoms with E-state index in [1.54, 1.807) is 0 Å². The van der Waals surface area contributed by atoms with Gasteiger partial charge in [-0.15, -0.1) is 0 Å². The van der Waals surface area contributed by atoms with Gasteiger partial charge in [0, 0.05) is 15.5 Å². The smallest absolute Gasteiger partial charge is 0.162 e. The highest BCUT2D eigenvalue weighted by atomic mass is 79.9. The molecule has 0 bridgehead atoms. The summed E-state index contributed by atoms with van der Waals surface area (Å²) in [5.41, 5.74) is 0.242. The molecule has 1 heterocycles. The van der Waals surface area contributed by atoms with Gasteiger partial charge in [-0.25, -0.2) is 0 Å². The van der Waals surface area contributed by atoms with Gasteiger partial charge in [0.2, 0.25) is 0 Å². The summed E-state index contributed by atoms with van der Waals surface area (Å²) in [6.07, 6.45) is 1.63. The van der Waals surface area contributed by atoms with E-state index in [0.29, 0.717) is 13.2 Å². The van der Waals surface area contributed by atoms with Crippen LogP contribution in [0.25, 0.3) is 0 Å². The fourth-order valence-corrected chi connectivity index (χ4v) is 2.78. The standard InChI is InChI=1S/C14H17BrO3/c1-13(2)7-17-11-5-9(14(16)3-4-14)10(15)6-12(11)18-8-13/h5-6,16H,3-4,7-8H2,1-2H3. The van der Waals surface area contributed by atoms with Crippen LogP contribution in [0.4, 0.5) is 0 Å². The van der Waals surface area contributed by atoms with Crippen LogP contribution in [-0.2, 0) is 5.60 Å². The first-order valence-electron chi connectivity index (χ1n) is 6.22. The van der Waals surface area contributed by atoms with Crippen molar-refractivity contribution in [1.29, 1.82) is 0 Å². The molecule has 18 heavy (non-hydrogen) atoms. The van der Waals surface area contributed by atoms with E-state index < -0.39 is 5.60 Å². The Hall–Kier alpha value is -0.740. The van der Waals surface area contributed by atoms with Crippen LogP contribution in [0, 0.1) is 5.41 Å². The molecular weight excluding hydrogens is 296 g/mol. The van der Waals surface area contributed by atoms with Gasteiger partial charge in [-0.3, -0.25) is 0 Å². The number of rotatable bonds is 1. The minimum Gasteiger partial charge on any atom is -0.489 e. The molecule has 1 aliphatic heterocycles. The van der Waals surface area contributed by atoms with Crippen LogP contribution in [0.15, 0.2) is 16.6 Å². The third kappa shape index (κ3) is 2.12. The number of hydrogen-bond acceptors (Lipinski definition) is 3. The summed E-state index contributed by atoms with van der Waals surface area (Å²) in [5.74, 6) is 1.49. The average Bonchev–Trinajstić information content (AvgIpc) is 3.05. The van der Waals surface area contributed by atoms with Gasteiger partial charge in [0.05, 0.1) is 18.8 Å². The molecule has 0 amide bonds. The maximum atomic E-state index is 10.2. The van der Waals surface area contributed by atoms with E-state index in [4.69, 9.17) is 9.47 Å². The van der Waals surface area contributed by atoms with Crippen LogP contribution in [0.5, 0.6) is 11.5 Å². The van der Waals surface area contributed by atoms with Crippen LogP contribution in [-0.4, -0.2) is 18.3 Å². The number of hydrogen-bond donors (Lipinski definition) is 1. The molecule has 0 saturated heterocycles. The molecule has 0 radical (unpaired) electrons. The van der Waals surface area contributed by atoms with Crippen LogP contribution < -0.4 is 9.47 Å². The minimum atomic E-state index is -0.668. The van der Waals surface area contributed by atoms with E-state index in [-0.39, 0.29) is 5.41 Å². The van der Waals surface area contributed by atoms with Crippen LogP contribution in [0.3, 0.4) is 0 Å². The maximum Gasteiger partial charge on any atom is 0.162 e. The summed E-state index contributed by atoms with van der Waals surface area (Å²) < 4.78 is 12.5. The summed E-state index contributed by atoms with van der Waals surface area (Å²) in [6, 6.07) is 3.82. The topological polar surface area (TPSA) is 38.7 Å². The van der Waals surface area contributed by atoms with E-state index in [1.165, 1.54) is 0 Å². The van der Waals surface area contributed by atoms with E-state index >= 15 is 0 Å². The normalized spacial score (nSPS) is 23.3. The maximum absolute atomic E-state index is 10.2. The number of aliphatic hydroxyl groups is 1. The van der Waals surface area contributed by atoms with Crippen molar-refractivity contribution in [3.05, 3.63) is 22.2 Å². The number of fused-ring (bicyclic) bond motifs is 1. The van der Waals surface area contributed by atoms with Crippen LogP contribution in [0.2, 0.25) is 0 Å². The Morgan fingerprint density at radius 2 is 1.67 bits per heavy atom. The second kappa shape index (κ2) is 3.87. The first kappa shape index (κ1) is 12.3. The first-order chi connectivity index (χ1) is 8.40. The van der Waals surface area contributed by atoms with Gasteiger partial charge in [0.15, 0.2) is 11.5 Å². The second-order valence-electron chi connectivity index (χ2n) is 6.05. The van der Waals surface area contributed by atoms with E-state index in [2.05, 4.69) is 29.8 Å². The van der Waals surface area contributed by atoms with E-state index in [1.807, 2.05) is 12.1 Å². The zero-order valence-electron chi connectivity index (χ0n) is 10.6. The van der Waals surface area contributed by atoms with Crippen molar-refractivity contribution in [3.63, 3.8) is 0 Å². The molecule has 3 rings (SSSR count). The first-order valence-corrected chi connectivity index (χ1v) is 7.01. The molecule has 0 atom stereocenters. The largest absolute Gasteiger partial charge is 0.489 e.